The average molecular weight is 347 g/mol. The van der Waals surface area contributed by atoms with E-state index in [-0.39, 0.29) is 5.91 Å². The molecule has 0 radical (unpaired) electrons. The molecule has 0 heterocycles. The van der Waals surface area contributed by atoms with Crippen LogP contribution in [0.25, 0.3) is 0 Å². The predicted molar refractivity (Wildman–Crippen MR) is 101 cm³/mol. The summed E-state index contributed by atoms with van der Waals surface area (Å²) in [7, 11) is 3.44. The van der Waals surface area contributed by atoms with Crippen LogP contribution in [0.15, 0.2) is 84.9 Å². The standard InChI is InChI=1S/C22H21NO3/c1-23(2)22(24)21(17-10-5-3-6-11-17)26-20-15-9-14-19(16-20)25-18-12-7-4-8-13-18/h3-16,21H,1-2H3/t21-/m1/s1. The summed E-state index contributed by atoms with van der Waals surface area (Å²) in [6, 6.07) is 26.3. The molecule has 4 nitrogen and oxygen atoms in total. The lowest BCUT2D eigenvalue weighted by Gasteiger charge is -2.22. The molecule has 0 saturated heterocycles. The minimum Gasteiger partial charge on any atom is -0.476 e. The van der Waals surface area contributed by atoms with E-state index in [1.54, 1.807) is 20.2 Å². The summed E-state index contributed by atoms with van der Waals surface area (Å²) >= 11 is 0. The number of rotatable bonds is 6. The summed E-state index contributed by atoms with van der Waals surface area (Å²) in [5.41, 5.74) is 0.806. The predicted octanol–water partition coefficient (Wildman–Crippen LogP) is 4.69. The Morgan fingerprint density at radius 3 is 2.00 bits per heavy atom. The van der Waals surface area contributed by atoms with Crippen molar-refractivity contribution in [3.05, 3.63) is 90.5 Å². The van der Waals surface area contributed by atoms with Crippen LogP contribution in [0.1, 0.15) is 11.7 Å². The highest BCUT2D eigenvalue weighted by Crippen LogP contribution is 2.29. The van der Waals surface area contributed by atoms with Gasteiger partial charge < -0.3 is 14.4 Å². The molecule has 3 aromatic rings. The van der Waals surface area contributed by atoms with Gasteiger partial charge in [0.25, 0.3) is 5.91 Å². The highest BCUT2D eigenvalue weighted by molar-refractivity contribution is 5.82. The van der Waals surface area contributed by atoms with Gasteiger partial charge in [-0.3, -0.25) is 4.79 Å². The molecule has 0 bridgehead atoms. The van der Waals surface area contributed by atoms with Crippen molar-refractivity contribution in [2.45, 2.75) is 6.10 Å². The van der Waals surface area contributed by atoms with Crippen LogP contribution in [0.5, 0.6) is 17.2 Å². The van der Waals surface area contributed by atoms with Gasteiger partial charge in [-0.2, -0.15) is 0 Å². The monoisotopic (exact) mass is 347 g/mol. The Morgan fingerprint density at radius 2 is 1.35 bits per heavy atom. The Bertz CT molecular complexity index is 848. The molecular weight excluding hydrogens is 326 g/mol. The molecule has 26 heavy (non-hydrogen) atoms. The largest absolute Gasteiger partial charge is 0.476 e. The summed E-state index contributed by atoms with van der Waals surface area (Å²) in [4.78, 5) is 14.1. The molecule has 0 aromatic heterocycles. The highest BCUT2D eigenvalue weighted by atomic mass is 16.5. The lowest BCUT2D eigenvalue weighted by Crippen LogP contribution is -2.31. The third-order valence-corrected chi connectivity index (χ3v) is 3.81. The second-order valence-corrected chi connectivity index (χ2v) is 6.03. The number of para-hydroxylation sites is 1. The summed E-state index contributed by atoms with van der Waals surface area (Å²) in [5, 5.41) is 0. The quantitative estimate of drug-likeness (QED) is 0.649. The number of hydrogen-bond acceptors (Lipinski definition) is 3. The molecule has 0 saturated carbocycles. The van der Waals surface area contributed by atoms with Gasteiger partial charge in [0.1, 0.15) is 17.2 Å². The molecule has 0 fully saturated rings. The number of ether oxygens (including phenoxy) is 2. The first-order valence-corrected chi connectivity index (χ1v) is 8.39. The van der Waals surface area contributed by atoms with E-state index in [0.717, 1.165) is 11.3 Å². The number of amides is 1. The van der Waals surface area contributed by atoms with Gasteiger partial charge in [-0.15, -0.1) is 0 Å². The lowest BCUT2D eigenvalue weighted by atomic mass is 10.1. The van der Waals surface area contributed by atoms with Crippen LogP contribution in [0.3, 0.4) is 0 Å². The fourth-order valence-electron chi connectivity index (χ4n) is 2.50. The molecule has 132 valence electrons. The van der Waals surface area contributed by atoms with Gasteiger partial charge in [0.15, 0.2) is 0 Å². The Balaban J connectivity index is 1.83. The maximum atomic E-state index is 12.6. The maximum absolute atomic E-state index is 12.6. The molecular formula is C22H21NO3. The molecule has 0 spiro atoms. The topological polar surface area (TPSA) is 38.8 Å². The minimum absolute atomic E-state index is 0.120. The first-order chi connectivity index (χ1) is 12.6. The van der Waals surface area contributed by atoms with Crippen LogP contribution in [-0.4, -0.2) is 24.9 Å². The third kappa shape index (κ3) is 4.42. The van der Waals surface area contributed by atoms with Gasteiger partial charge in [-0.25, -0.2) is 0 Å². The molecule has 1 amide bonds. The Kier molecular flexibility index (Phi) is 5.54. The number of likely N-dealkylation sites (N-methyl/N-ethyl adjacent to an activating group) is 1. The summed E-state index contributed by atoms with van der Waals surface area (Å²) in [5.74, 6) is 1.85. The second-order valence-electron chi connectivity index (χ2n) is 6.03. The van der Waals surface area contributed by atoms with E-state index in [1.165, 1.54) is 4.90 Å². The lowest BCUT2D eigenvalue weighted by molar-refractivity contribution is -0.136. The number of carbonyl (C=O) groups excluding carboxylic acids is 1. The Morgan fingerprint density at radius 1 is 0.769 bits per heavy atom. The van der Waals surface area contributed by atoms with E-state index in [1.807, 2.05) is 78.9 Å². The van der Waals surface area contributed by atoms with Crippen LogP contribution in [0, 0.1) is 0 Å². The van der Waals surface area contributed by atoms with Gasteiger partial charge in [0, 0.05) is 25.7 Å². The van der Waals surface area contributed by atoms with Crippen LogP contribution >= 0.6 is 0 Å². The van der Waals surface area contributed by atoms with E-state index in [4.69, 9.17) is 9.47 Å². The van der Waals surface area contributed by atoms with Crippen LogP contribution in [0.4, 0.5) is 0 Å². The van der Waals surface area contributed by atoms with E-state index in [0.29, 0.717) is 11.5 Å². The first-order valence-electron chi connectivity index (χ1n) is 8.39. The van der Waals surface area contributed by atoms with Gasteiger partial charge >= 0.3 is 0 Å². The molecule has 0 N–H and O–H groups in total. The van der Waals surface area contributed by atoms with E-state index in [9.17, 15) is 4.79 Å². The average Bonchev–Trinajstić information content (AvgIpc) is 2.67. The van der Waals surface area contributed by atoms with Gasteiger partial charge in [0.05, 0.1) is 0 Å². The van der Waals surface area contributed by atoms with Crippen molar-refractivity contribution < 1.29 is 14.3 Å². The molecule has 0 aliphatic rings. The van der Waals surface area contributed by atoms with E-state index in [2.05, 4.69) is 0 Å². The van der Waals surface area contributed by atoms with E-state index < -0.39 is 6.10 Å². The number of nitrogens with zero attached hydrogens (tertiary/aromatic N) is 1. The maximum Gasteiger partial charge on any atom is 0.267 e. The van der Waals surface area contributed by atoms with Crippen molar-refractivity contribution in [2.24, 2.45) is 0 Å². The summed E-state index contributed by atoms with van der Waals surface area (Å²) < 4.78 is 11.9. The molecule has 0 aliphatic heterocycles. The molecule has 3 aromatic carbocycles. The zero-order valence-electron chi connectivity index (χ0n) is 14.8. The van der Waals surface area contributed by atoms with Crippen molar-refractivity contribution in [3.63, 3.8) is 0 Å². The fourth-order valence-corrected chi connectivity index (χ4v) is 2.50. The molecule has 3 rings (SSSR count). The summed E-state index contributed by atoms with van der Waals surface area (Å²) in [6.07, 6.45) is -0.710. The normalized spacial score (nSPS) is 11.5. The number of hydrogen-bond donors (Lipinski definition) is 0. The number of carbonyl (C=O) groups is 1. The SMILES string of the molecule is CN(C)C(=O)[C@H](Oc1cccc(Oc2ccccc2)c1)c1ccccc1. The number of benzene rings is 3. The highest BCUT2D eigenvalue weighted by Gasteiger charge is 2.24. The van der Waals surface area contributed by atoms with Crippen molar-refractivity contribution in [1.29, 1.82) is 0 Å². The fraction of sp³-hybridized carbons (Fsp3) is 0.136. The van der Waals surface area contributed by atoms with E-state index >= 15 is 0 Å². The third-order valence-electron chi connectivity index (χ3n) is 3.81. The zero-order valence-corrected chi connectivity index (χ0v) is 14.8. The van der Waals surface area contributed by atoms with Crippen molar-refractivity contribution in [3.8, 4) is 17.2 Å². The zero-order chi connectivity index (χ0) is 18.4. The van der Waals surface area contributed by atoms with Crippen LogP contribution < -0.4 is 9.47 Å². The van der Waals surface area contributed by atoms with Crippen LogP contribution in [-0.2, 0) is 4.79 Å². The Labute approximate surface area is 153 Å². The molecule has 1 atom stereocenters. The van der Waals surface area contributed by atoms with Gasteiger partial charge in [-0.05, 0) is 24.3 Å². The molecule has 0 aliphatic carbocycles. The van der Waals surface area contributed by atoms with Gasteiger partial charge in [0.2, 0.25) is 6.10 Å². The van der Waals surface area contributed by atoms with Crippen LogP contribution in [0.2, 0.25) is 0 Å². The van der Waals surface area contributed by atoms with Gasteiger partial charge in [-0.1, -0.05) is 54.6 Å². The van der Waals surface area contributed by atoms with Crippen molar-refractivity contribution in [1.82, 2.24) is 4.90 Å². The smallest absolute Gasteiger partial charge is 0.267 e. The summed E-state index contributed by atoms with van der Waals surface area (Å²) in [6.45, 7) is 0. The molecule has 0 unspecified atom stereocenters. The molecule has 4 heteroatoms. The minimum atomic E-state index is -0.710. The van der Waals surface area contributed by atoms with Crippen molar-refractivity contribution in [2.75, 3.05) is 14.1 Å². The Hall–Kier alpha value is -3.27. The first kappa shape index (κ1) is 17.5. The van der Waals surface area contributed by atoms with Crippen molar-refractivity contribution >= 4 is 5.91 Å². The second kappa shape index (κ2) is 8.21.